The van der Waals surface area contributed by atoms with Crippen LogP contribution in [0.5, 0.6) is 0 Å². The molecular formula is C24H33N3O3S. The normalized spacial score (nSPS) is 16.2. The number of sulfonamides is 1. The van der Waals surface area contributed by atoms with Gasteiger partial charge in [0.25, 0.3) is 5.91 Å². The molecule has 3 rings (SSSR count). The second kappa shape index (κ2) is 9.51. The molecule has 1 heterocycles. The molecule has 168 valence electrons. The van der Waals surface area contributed by atoms with E-state index in [1.807, 2.05) is 4.90 Å². The minimum absolute atomic E-state index is 0.0510. The summed E-state index contributed by atoms with van der Waals surface area (Å²) < 4.78 is 27.6. The fourth-order valence-corrected chi connectivity index (χ4v) is 5.12. The third-order valence-electron chi connectivity index (χ3n) is 5.25. The topological polar surface area (TPSA) is 69.7 Å². The molecule has 0 aromatic heterocycles. The van der Waals surface area contributed by atoms with Crippen molar-refractivity contribution in [3.05, 3.63) is 65.2 Å². The molecule has 31 heavy (non-hydrogen) atoms. The Morgan fingerprint density at radius 3 is 2.19 bits per heavy atom. The van der Waals surface area contributed by atoms with Crippen LogP contribution in [-0.4, -0.2) is 55.8 Å². The largest absolute Gasteiger partial charge is 0.337 e. The average molecular weight is 444 g/mol. The van der Waals surface area contributed by atoms with Crippen molar-refractivity contribution in [1.82, 2.24) is 14.5 Å². The van der Waals surface area contributed by atoms with E-state index < -0.39 is 15.6 Å². The Labute approximate surface area is 186 Å². The van der Waals surface area contributed by atoms with Gasteiger partial charge in [-0.3, -0.25) is 9.69 Å². The Bertz CT molecular complexity index is 994. The SMILES string of the molecule is Cc1ccc(CN2CCCN(C(=O)c3ccc(S(=O)(=O)NC(C)(C)C)cc3)CC2)cc1. The lowest BCUT2D eigenvalue weighted by atomic mass is 10.1. The highest BCUT2D eigenvalue weighted by molar-refractivity contribution is 7.89. The number of hydrogen-bond acceptors (Lipinski definition) is 4. The van der Waals surface area contributed by atoms with Crippen molar-refractivity contribution in [2.24, 2.45) is 0 Å². The summed E-state index contributed by atoms with van der Waals surface area (Å²) in [6, 6.07) is 14.8. The van der Waals surface area contributed by atoms with Crippen molar-refractivity contribution in [2.75, 3.05) is 26.2 Å². The molecular weight excluding hydrogens is 410 g/mol. The van der Waals surface area contributed by atoms with Crippen molar-refractivity contribution >= 4 is 15.9 Å². The number of carbonyl (C=O) groups is 1. The molecule has 2 aromatic rings. The first-order chi connectivity index (χ1) is 14.5. The highest BCUT2D eigenvalue weighted by Gasteiger charge is 2.24. The first-order valence-corrected chi connectivity index (χ1v) is 12.2. The summed E-state index contributed by atoms with van der Waals surface area (Å²) in [5, 5.41) is 0. The molecule has 1 amide bonds. The molecule has 0 radical (unpaired) electrons. The van der Waals surface area contributed by atoms with Gasteiger partial charge >= 0.3 is 0 Å². The second-order valence-electron chi connectivity index (χ2n) is 9.29. The van der Waals surface area contributed by atoms with Crippen molar-refractivity contribution in [3.8, 4) is 0 Å². The van der Waals surface area contributed by atoms with E-state index >= 15 is 0 Å². The molecule has 2 aromatic carbocycles. The average Bonchev–Trinajstić information content (AvgIpc) is 2.93. The van der Waals surface area contributed by atoms with Gasteiger partial charge < -0.3 is 4.90 Å². The van der Waals surface area contributed by atoms with Crippen LogP contribution in [-0.2, 0) is 16.6 Å². The molecule has 0 spiro atoms. The van der Waals surface area contributed by atoms with Crippen molar-refractivity contribution in [2.45, 2.75) is 51.1 Å². The van der Waals surface area contributed by atoms with Crippen LogP contribution in [0.3, 0.4) is 0 Å². The Kier molecular flexibility index (Phi) is 7.19. The lowest BCUT2D eigenvalue weighted by Crippen LogP contribution is -2.40. The lowest BCUT2D eigenvalue weighted by molar-refractivity contribution is 0.0761. The molecule has 0 aliphatic carbocycles. The van der Waals surface area contributed by atoms with E-state index in [1.54, 1.807) is 32.9 Å². The summed E-state index contributed by atoms with van der Waals surface area (Å²) in [5.74, 6) is -0.0510. The van der Waals surface area contributed by atoms with Crippen LogP contribution < -0.4 is 4.72 Å². The van der Waals surface area contributed by atoms with E-state index in [1.165, 1.54) is 23.3 Å². The number of rotatable bonds is 5. The maximum atomic E-state index is 13.0. The number of carbonyl (C=O) groups excluding carboxylic acids is 1. The third kappa shape index (κ3) is 6.63. The molecule has 0 bridgehead atoms. The third-order valence-corrected chi connectivity index (χ3v) is 7.03. The molecule has 1 aliphatic heterocycles. The monoisotopic (exact) mass is 443 g/mol. The van der Waals surface area contributed by atoms with E-state index in [9.17, 15) is 13.2 Å². The van der Waals surface area contributed by atoms with Crippen LogP contribution >= 0.6 is 0 Å². The number of aryl methyl sites for hydroxylation is 1. The quantitative estimate of drug-likeness (QED) is 0.769. The Morgan fingerprint density at radius 1 is 0.935 bits per heavy atom. The number of benzene rings is 2. The van der Waals surface area contributed by atoms with Gasteiger partial charge in [0.1, 0.15) is 0 Å². The van der Waals surface area contributed by atoms with Gasteiger partial charge in [0.15, 0.2) is 0 Å². The fourth-order valence-electron chi connectivity index (χ4n) is 3.71. The van der Waals surface area contributed by atoms with Gasteiger partial charge in [-0.25, -0.2) is 13.1 Å². The van der Waals surface area contributed by atoms with E-state index in [2.05, 4.69) is 40.8 Å². The van der Waals surface area contributed by atoms with Crippen molar-refractivity contribution < 1.29 is 13.2 Å². The number of nitrogens with one attached hydrogen (secondary N) is 1. The molecule has 6 nitrogen and oxygen atoms in total. The summed E-state index contributed by atoms with van der Waals surface area (Å²) in [6.45, 7) is 11.5. The standard InChI is InChI=1S/C24H33N3O3S/c1-19-6-8-20(9-7-19)18-26-14-5-15-27(17-16-26)23(28)21-10-12-22(13-11-21)31(29,30)25-24(2,3)4/h6-13,25H,5,14-18H2,1-4H3. The maximum absolute atomic E-state index is 13.0. The summed E-state index contributed by atoms with van der Waals surface area (Å²) in [6.07, 6.45) is 0.916. The van der Waals surface area contributed by atoms with Gasteiger partial charge in [0.05, 0.1) is 4.90 Å². The van der Waals surface area contributed by atoms with E-state index in [4.69, 9.17) is 0 Å². The van der Waals surface area contributed by atoms with Crippen molar-refractivity contribution in [3.63, 3.8) is 0 Å². The minimum atomic E-state index is -3.61. The number of amides is 1. The van der Waals surface area contributed by atoms with Crippen molar-refractivity contribution in [1.29, 1.82) is 0 Å². The van der Waals surface area contributed by atoms with Gasteiger partial charge in [0.2, 0.25) is 10.0 Å². The predicted molar refractivity (Wildman–Crippen MR) is 123 cm³/mol. The first-order valence-electron chi connectivity index (χ1n) is 10.7. The molecule has 1 saturated heterocycles. The number of nitrogens with zero attached hydrogens (tertiary/aromatic N) is 2. The van der Waals surface area contributed by atoms with Crippen LogP contribution in [0, 0.1) is 6.92 Å². The Hall–Kier alpha value is -2.22. The van der Waals surface area contributed by atoms with Gasteiger partial charge in [-0.05, 0) is 63.9 Å². The van der Waals surface area contributed by atoms with Gasteiger partial charge in [-0.2, -0.15) is 0 Å². The molecule has 0 atom stereocenters. The van der Waals surface area contributed by atoms with Gasteiger partial charge in [-0.1, -0.05) is 29.8 Å². The smallest absolute Gasteiger partial charge is 0.253 e. The molecule has 0 saturated carbocycles. The second-order valence-corrected chi connectivity index (χ2v) is 11.0. The van der Waals surface area contributed by atoms with E-state index in [0.717, 1.165) is 26.1 Å². The predicted octanol–water partition coefficient (Wildman–Crippen LogP) is 3.42. The zero-order valence-corrected chi connectivity index (χ0v) is 19.7. The number of hydrogen-bond donors (Lipinski definition) is 1. The highest BCUT2D eigenvalue weighted by Crippen LogP contribution is 2.16. The van der Waals surface area contributed by atoms with Crippen LogP contribution in [0.25, 0.3) is 0 Å². The van der Waals surface area contributed by atoms with Gasteiger partial charge in [0, 0.05) is 43.8 Å². The zero-order valence-electron chi connectivity index (χ0n) is 18.9. The Balaban J connectivity index is 1.62. The molecule has 1 fully saturated rings. The lowest BCUT2D eigenvalue weighted by Gasteiger charge is -2.22. The molecule has 0 unspecified atom stereocenters. The van der Waals surface area contributed by atoms with Crippen LogP contribution in [0.15, 0.2) is 53.4 Å². The Morgan fingerprint density at radius 2 is 1.58 bits per heavy atom. The fraction of sp³-hybridized carbons (Fsp3) is 0.458. The molecule has 1 N–H and O–H groups in total. The van der Waals surface area contributed by atoms with Crippen LogP contribution in [0.2, 0.25) is 0 Å². The summed E-state index contributed by atoms with van der Waals surface area (Å²) in [7, 11) is -3.61. The molecule has 7 heteroatoms. The van der Waals surface area contributed by atoms with E-state index in [0.29, 0.717) is 18.7 Å². The van der Waals surface area contributed by atoms with Crippen LogP contribution in [0.4, 0.5) is 0 Å². The minimum Gasteiger partial charge on any atom is -0.337 e. The zero-order chi connectivity index (χ0) is 22.6. The summed E-state index contributed by atoms with van der Waals surface area (Å²) in [4.78, 5) is 17.4. The maximum Gasteiger partial charge on any atom is 0.253 e. The van der Waals surface area contributed by atoms with E-state index in [-0.39, 0.29) is 10.8 Å². The van der Waals surface area contributed by atoms with Crippen LogP contribution in [0.1, 0.15) is 48.7 Å². The van der Waals surface area contributed by atoms with Gasteiger partial charge in [-0.15, -0.1) is 0 Å². The highest BCUT2D eigenvalue weighted by atomic mass is 32.2. The molecule has 1 aliphatic rings. The summed E-state index contributed by atoms with van der Waals surface area (Å²) in [5.41, 5.74) is 2.49. The summed E-state index contributed by atoms with van der Waals surface area (Å²) >= 11 is 0. The first kappa shape index (κ1) is 23.4.